The normalized spacial score (nSPS) is 17.8. The van der Waals surface area contributed by atoms with E-state index in [0.717, 1.165) is 49.6 Å². The summed E-state index contributed by atoms with van der Waals surface area (Å²) < 4.78 is 0. The minimum absolute atomic E-state index is 0. The smallest absolute Gasteiger partial charge is 0.239 e. The van der Waals surface area contributed by atoms with E-state index in [0.29, 0.717) is 6.54 Å². The number of carbonyl (C=O) groups excluding carboxylic acids is 1. The van der Waals surface area contributed by atoms with Crippen molar-refractivity contribution in [2.45, 2.75) is 51.4 Å². The Hall–Kier alpha value is -1.42. The van der Waals surface area contributed by atoms with Crippen molar-refractivity contribution in [3.8, 4) is 0 Å². The Morgan fingerprint density at radius 1 is 1.21 bits per heavy atom. The third-order valence-corrected chi connectivity index (χ3v) is 5.32. The number of hydrogen-bond acceptors (Lipinski definition) is 3. The van der Waals surface area contributed by atoms with Crippen LogP contribution < -0.4 is 16.0 Å². The Labute approximate surface area is 151 Å². The Morgan fingerprint density at radius 3 is 2.79 bits per heavy atom. The Morgan fingerprint density at radius 2 is 2.00 bits per heavy atom. The molecule has 1 aromatic rings. The van der Waals surface area contributed by atoms with Crippen molar-refractivity contribution in [2.24, 2.45) is 5.92 Å². The van der Waals surface area contributed by atoms with E-state index in [1.54, 1.807) is 0 Å². The van der Waals surface area contributed by atoms with Crippen molar-refractivity contribution < 1.29 is 4.79 Å². The summed E-state index contributed by atoms with van der Waals surface area (Å²) in [5.41, 5.74) is 9.26. The van der Waals surface area contributed by atoms with Gasteiger partial charge in [0.2, 0.25) is 5.91 Å². The highest BCUT2D eigenvalue weighted by molar-refractivity contribution is 5.85. The molecule has 4 nitrogen and oxygen atoms in total. The fourth-order valence-corrected chi connectivity index (χ4v) is 4.01. The first-order chi connectivity index (χ1) is 11.2. The van der Waals surface area contributed by atoms with Gasteiger partial charge in [0.1, 0.15) is 0 Å². The van der Waals surface area contributed by atoms with E-state index in [1.807, 2.05) is 12.1 Å². The van der Waals surface area contributed by atoms with E-state index >= 15 is 0 Å². The molecular weight excluding hydrogens is 322 g/mol. The molecule has 1 heterocycles. The number of benzene rings is 1. The third kappa shape index (κ3) is 4.79. The van der Waals surface area contributed by atoms with Gasteiger partial charge in [0.15, 0.2) is 0 Å². The third-order valence-electron chi connectivity index (χ3n) is 5.32. The molecular formula is C19H30ClN3O. The monoisotopic (exact) mass is 351 g/mol. The van der Waals surface area contributed by atoms with Crippen LogP contribution in [0.5, 0.6) is 0 Å². The molecule has 0 aromatic heterocycles. The van der Waals surface area contributed by atoms with Gasteiger partial charge >= 0.3 is 0 Å². The van der Waals surface area contributed by atoms with E-state index < -0.39 is 0 Å². The van der Waals surface area contributed by atoms with Gasteiger partial charge < -0.3 is 16.0 Å². The fraction of sp³-hybridized carbons (Fsp3) is 0.632. The molecule has 5 heteroatoms. The molecule has 3 rings (SSSR count). The lowest BCUT2D eigenvalue weighted by molar-refractivity contribution is -0.119. The molecule has 1 aliphatic heterocycles. The van der Waals surface area contributed by atoms with Crippen LogP contribution in [0.25, 0.3) is 0 Å². The number of carbonyl (C=O) groups is 1. The van der Waals surface area contributed by atoms with Crippen molar-refractivity contribution in [3.05, 3.63) is 23.8 Å². The number of rotatable bonds is 5. The van der Waals surface area contributed by atoms with Gasteiger partial charge in [-0.1, -0.05) is 38.2 Å². The predicted molar refractivity (Wildman–Crippen MR) is 103 cm³/mol. The van der Waals surface area contributed by atoms with E-state index in [2.05, 4.69) is 16.3 Å². The van der Waals surface area contributed by atoms with Crippen LogP contribution in [-0.2, 0) is 11.2 Å². The van der Waals surface area contributed by atoms with Gasteiger partial charge in [-0.25, -0.2) is 0 Å². The number of fused-ring (bicyclic) bond motifs is 1. The topological polar surface area (TPSA) is 58.4 Å². The summed E-state index contributed by atoms with van der Waals surface area (Å²) in [6, 6.07) is 6.01. The van der Waals surface area contributed by atoms with Crippen LogP contribution in [-0.4, -0.2) is 25.5 Å². The molecule has 3 N–H and O–H groups in total. The maximum Gasteiger partial charge on any atom is 0.239 e. The number of nitrogens with zero attached hydrogens (tertiary/aromatic N) is 1. The second-order valence-corrected chi connectivity index (χ2v) is 7.01. The van der Waals surface area contributed by atoms with Crippen LogP contribution in [0.2, 0.25) is 0 Å². The molecule has 2 aliphatic rings. The second kappa shape index (κ2) is 9.16. The lowest BCUT2D eigenvalue weighted by atomic mass is 9.87. The summed E-state index contributed by atoms with van der Waals surface area (Å²) in [5.74, 6) is 0.954. The van der Waals surface area contributed by atoms with Crippen LogP contribution in [0.1, 0.15) is 50.5 Å². The molecule has 1 aromatic carbocycles. The van der Waals surface area contributed by atoms with Crippen molar-refractivity contribution >= 4 is 29.7 Å². The minimum atomic E-state index is 0. The number of nitrogens with one attached hydrogen (secondary N) is 1. The van der Waals surface area contributed by atoms with Crippen molar-refractivity contribution in [2.75, 3.05) is 30.3 Å². The van der Waals surface area contributed by atoms with Crippen LogP contribution >= 0.6 is 12.4 Å². The average molecular weight is 352 g/mol. The first-order valence-corrected chi connectivity index (χ1v) is 9.13. The van der Waals surface area contributed by atoms with Crippen LogP contribution in [0.4, 0.5) is 11.4 Å². The first kappa shape index (κ1) is 18.9. The van der Waals surface area contributed by atoms with Crippen molar-refractivity contribution in [1.29, 1.82) is 0 Å². The largest absolute Gasteiger partial charge is 0.398 e. The lowest BCUT2D eigenvalue weighted by Crippen LogP contribution is -2.40. The SMILES string of the molecule is Cl.Nc1cccc2c1CCCN2CC(=O)NCCC1CCCCC1. The van der Waals surface area contributed by atoms with Crippen molar-refractivity contribution in [3.63, 3.8) is 0 Å². The van der Waals surface area contributed by atoms with Gasteiger partial charge in [0.05, 0.1) is 6.54 Å². The Balaban J connectivity index is 0.00000208. The number of nitrogens with two attached hydrogens (primary N) is 1. The maximum atomic E-state index is 12.3. The maximum absolute atomic E-state index is 12.3. The molecule has 1 fully saturated rings. The molecule has 0 bridgehead atoms. The van der Waals surface area contributed by atoms with Crippen LogP contribution in [0.15, 0.2) is 18.2 Å². The number of nitrogen functional groups attached to an aromatic ring is 1. The van der Waals surface area contributed by atoms with Gasteiger partial charge in [0.25, 0.3) is 0 Å². The van der Waals surface area contributed by atoms with Gasteiger partial charge in [0, 0.05) is 24.5 Å². The molecule has 0 atom stereocenters. The number of amides is 1. The summed E-state index contributed by atoms with van der Waals surface area (Å²) >= 11 is 0. The molecule has 0 saturated heterocycles. The molecule has 1 aliphatic carbocycles. The number of hydrogen-bond donors (Lipinski definition) is 2. The molecule has 1 saturated carbocycles. The highest BCUT2D eigenvalue weighted by Gasteiger charge is 2.20. The summed E-state index contributed by atoms with van der Waals surface area (Å²) in [6.07, 6.45) is 10.0. The van der Waals surface area contributed by atoms with E-state index in [1.165, 1.54) is 37.7 Å². The molecule has 1 amide bonds. The van der Waals surface area contributed by atoms with Gasteiger partial charge in [-0.15, -0.1) is 12.4 Å². The molecule has 0 spiro atoms. The van der Waals surface area contributed by atoms with Crippen LogP contribution in [0.3, 0.4) is 0 Å². The van der Waals surface area contributed by atoms with Crippen molar-refractivity contribution in [1.82, 2.24) is 5.32 Å². The highest BCUT2D eigenvalue weighted by Crippen LogP contribution is 2.31. The zero-order valence-electron chi connectivity index (χ0n) is 14.4. The molecule has 134 valence electrons. The minimum Gasteiger partial charge on any atom is -0.398 e. The molecule has 0 radical (unpaired) electrons. The molecule has 24 heavy (non-hydrogen) atoms. The first-order valence-electron chi connectivity index (χ1n) is 9.13. The quantitative estimate of drug-likeness (QED) is 0.798. The zero-order valence-corrected chi connectivity index (χ0v) is 15.2. The summed E-state index contributed by atoms with van der Waals surface area (Å²) in [4.78, 5) is 14.4. The average Bonchev–Trinajstić information content (AvgIpc) is 2.57. The second-order valence-electron chi connectivity index (χ2n) is 7.01. The lowest BCUT2D eigenvalue weighted by Gasteiger charge is -2.31. The van der Waals surface area contributed by atoms with E-state index in [-0.39, 0.29) is 18.3 Å². The van der Waals surface area contributed by atoms with E-state index in [9.17, 15) is 4.79 Å². The summed E-state index contributed by atoms with van der Waals surface area (Å²) in [7, 11) is 0. The highest BCUT2D eigenvalue weighted by atomic mass is 35.5. The zero-order chi connectivity index (χ0) is 16.1. The summed E-state index contributed by atoms with van der Waals surface area (Å²) in [6.45, 7) is 2.20. The molecule has 0 unspecified atom stereocenters. The number of halogens is 1. The van der Waals surface area contributed by atoms with Crippen LogP contribution in [0, 0.1) is 5.92 Å². The predicted octanol–water partition coefficient (Wildman–Crippen LogP) is 3.53. The summed E-state index contributed by atoms with van der Waals surface area (Å²) in [5, 5.41) is 3.11. The van der Waals surface area contributed by atoms with Gasteiger partial charge in [-0.05, 0) is 42.9 Å². The van der Waals surface area contributed by atoms with Gasteiger partial charge in [-0.3, -0.25) is 4.79 Å². The number of anilines is 2. The Bertz CT molecular complexity index is 543. The van der Waals surface area contributed by atoms with Gasteiger partial charge in [-0.2, -0.15) is 0 Å². The standard InChI is InChI=1S/C19H29N3O.ClH/c20-17-9-4-10-18-16(17)8-5-13-22(18)14-19(23)21-12-11-15-6-2-1-3-7-15;/h4,9-10,15H,1-3,5-8,11-14,20H2,(H,21,23);1H. The van der Waals surface area contributed by atoms with E-state index in [4.69, 9.17) is 5.73 Å². The fourth-order valence-electron chi connectivity index (χ4n) is 4.01. The Kier molecular flexibility index (Phi) is 7.22.